The Hall–Kier alpha value is -2.90. The maximum Gasteiger partial charge on any atom is 0.321 e. The van der Waals surface area contributed by atoms with E-state index in [0.29, 0.717) is 43.3 Å². The zero-order valence-corrected chi connectivity index (χ0v) is 15.7. The Labute approximate surface area is 157 Å². The zero-order chi connectivity index (χ0) is 19.6. The van der Waals surface area contributed by atoms with Gasteiger partial charge in [0.2, 0.25) is 0 Å². The molecule has 0 saturated carbocycles. The van der Waals surface area contributed by atoms with Crippen LogP contribution >= 0.6 is 0 Å². The van der Waals surface area contributed by atoms with Gasteiger partial charge in [0.05, 0.1) is 5.69 Å². The fourth-order valence-electron chi connectivity index (χ4n) is 3.09. The zero-order valence-electron chi connectivity index (χ0n) is 15.7. The van der Waals surface area contributed by atoms with Gasteiger partial charge in [-0.15, -0.1) is 0 Å². The number of carbonyl (C=O) groups is 2. The Balaban J connectivity index is 1.60. The van der Waals surface area contributed by atoms with Crippen molar-refractivity contribution in [2.24, 2.45) is 0 Å². The second kappa shape index (κ2) is 7.77. The lowest BCUT2D eigenvalue weighted by molar-refractivity contribution is 0.0821. The van der Waals surface area contributed by atoms with Crippen molar-refractivity contribution in [2.75, 3.05) is 32.5 Å². The van der Waals surface area contributed by atoms with Crippen LogP contribution in [-0.4, -0.2) is 53.9 Å². The predicted molar refractivity (Wildman–Crippen MR) is 98.2 cm³/mol. The molecule has 8 heteroatoms. The first-order valence-electron chi connectivity index (χ1n) is 8.86. The van der Waals surface area contributed by atoms with Gasteiger partial charge in [0.1, 0.15) is 11.6 Å². The summed E-state index contributed by atoms with van der Waals surface area (Å²) in [6, 6.07) is 5.75. The molecule has 1 fully saturated rings. The quantitative estimate of drug-likeness (QED) is 0.895. The number of halogens is 1. The first-order valence-corrected chi connectivity index (χ1v) is 8.86. The molecule has 0 atom stereocenters. The van der Waals surface area contributed by atoms with Gasteiger partial charge in [-0.25, -0.2) is 14.2 Å². The Bertz CT molecular complexity index is 841. The summed E-state index contributed by atoms with van der Waals surface area (Å²) in [5.74, 6) is 0.429. The molecule has 1 aliphatic rings. The van der Waals surface area contributed by atoms with Crippen LogP contribution < -0.4 is 5.32 Å². The number of rotatable bonds is 3. The first kappa shape index (κ1) is 18.9. The highest BCUT2D eigenvalue weighted by atomic mass is 19.1. The monoisotopic (exact) mass is 374 g/mol. The summed E-state index contributed by atoms with van der Waals surface area (Å²) in [7, 11) is 3.34. The van der Waals surface area contributed by atoms with Crippen molar-refractivity contribution >= 4 is 17.6 Å². The van der Waals surface area contributed by atoms with Crippen LogP contribution in [0.1, 0.15) is 40.9 Å². The third-order valence-electron chi connectivity index (χ3n) is 4.67. The number of oxazole rings is 1. The normalized spacial score (nSPS) is 14.9. The van der Waals surface area contributed by atoms with E-state index in [1.165, 1.54) is 17.0 Å². The third kappa shape index (κ3) is 4.10. The molecule has 3 rings (SSSR count). The van der Waals surface area contributed by atoms with E-state index >= 15 is 0 Å². The topological polar surface area (TPSA) is 78.7 Å². The van der Waals surface area contributed by atoms with Crippen LogP contribution in [0.3, 0.4) is 0 Å². The van der Waals surface area contributed by atoms with E-state index in [9.17, 15) is 14.0 Å². The summed E-state index contributed by atoms with van der Waals surface area (Å²) in [6.45, 7) is 2.73. The number of aromatic nitrogens is 1. The number of nitrogens with zero attached hydrogens (tertiary/aromatic N) is 3. The molecular weight excluding hydrogens is 351 g/mol. The predicted octanol–water partition coefficient (Wildman–Crippen LogP) is 3.24. The number of aryl methyl sites for hydroxylation is 1. The number of amides is 3. The molecule has 1 aromatic carbocycles. The van der Waals surface area contributed by atoms with E-state index in [1.54, 1.807) is 38.1 Å². The van der Waals surface area contributed by atoms with Gasteiger partial charge >= 0.3 is 6.03 Å². The van der Waals surface area contributed by atoms with E-state index in [-0.39, 0.29) is 23.5 Å². The number of para-hydroxylation sites is 1. The molecule has 1 N–H and O–H groups in total. The fraction of sp³-hybridized carbons (Fsp3) is 0.421. The van der Waals surface area contributed by atoms with E-state index in [4.69, 9.17) is 4.42 Å². The van der Waals surface area contributed by atoms with E-state index < -0.39 is 5.82 Å². The minimum absolute atomic E-state index is 0.0462. The van der Waals surface area contributed by atoms with Gasteiger partial charge < -0.3 is 19.5 Å². The summed E-state index contributed by atoms with van der Waals surface area (Å²) < 4.78 is 19.4. The Morgan fingerprint density at radius 3 is 2.56 bits per heavy atom. The number of benzene rings is 1. The molecule has 144 valence electrons. The summed E-state index contributed by atoms with van der Waals surface area (Å²) in [4.78, 5) is 31.9. The van der Waals surface area contributed by atoms with Crippen LogP contribution in [0.15, 0.2) is 28.7 Å². The molecule has 0 radical (unpaired) electrons. The summed E-state index contributed by atoms with van der Waals surface area (Å²) >= 11 is 0. The first-order chi connectivity index (χ1) is 12.9. The molecular formula is C19H23FN4O3. The smallest absolute Gasteiger partial charge is 0.321 e. The van der Waals surface area contributed by atoms with E-state index in [0.717, 1.165) is 0 Å². The van der Waals surface area contributed by atoms with Crippen LogP contribution in [0, 0.1) is 12.7 Å². The molecule has 27 heavy (non-hydrogen) atoms. The molecule has 0 bridgehead atoms. The summed E-state index contributed by atoms with van der Waals surface area (Å²) in [5, 5.41) is 2.60. The lowest BCUT2D eigenvalue weighted by Crippen LogP contribution is -2.40. The number of carbonyl (C=O) groups excluding carboxylic acids is 2. The molecule has 0 unspecified atom stereocenters. The van der Waals surface area contributed by atoms with Gasteiger partial charge in [-0.3, -0.25) is 4.79 Å². The lowest BCUT2D eigenvalue weighted by atomic mass is 9.97. The number of urea groups is 1. The molecule has 0 aliphatic carbocycles. The Kier molecular flexibility index (Phi) is 5.43. The van der Waals surface area contributed by atoms with Crippen LogP contribution in [0.4, 0.5) is 14.9 Å². The average Bonchev–Trinajstić information content (AvgIpc) is 3.04. The summed E-state index contributed by atoms with van der Waals surface area (Å²) in [6.07, 6.45) is 1.33. The number of nitrogens with one attached hydrogen (secondary N) is 1. The second-order valence-corrected chi connectivity index (χ2v) is 6.83. The van der Waals surface area contributed by atoms with E-state index in [1.807, 2.05) is 0 Å². The molecule has 7 nitrogen and oxygen atoms in total. The molecule has 1 saturated heterocycles. The maximum absolute atomic E-state index is 13.7. The average molecular weight is 374 g/mol. The van der Waals surface area contributed by atoms with Crippen molar-refractivity contribution in [3.63, 3.8) is 0 Å². The van der Waals surface area contributed by atoms with Crippen molar-refractivity contribution < 1.29 is 18.4 Å². The highest BCUT2D eigenvalue weighted by Gasteiger charge is 2.29. The minimum Gasteiger partial charge on any atom is -0.445 e. The molecule has 0 spiro atoms. The number of likely N-dealkylation sites (tertiary alicyclic amines) is 1. The van der Waals surface area contributed by atoms with Crippen LogP contribution in [0.5, 0.6) is 0 Å². The highest BCUT2D eigenvalue weighted by molar-refractivity contribution is 5.92. The second-order valence-electron chi connectivity index (χ2n) is 6.83. The van der Waals surface area contributed by atoms with Crippen molar-refractivity contribution in [3.05, 3.63) is 47.4 Å². The summed E-state index contributed by atoms with van der Waals surface area (Å²) in [5.41, 5.74) is 0.495. The van der Waals surface area contributed by atoms with Crippen molar-refractivity contribution in [1.29, 1.82) is 0 Å². The number of anilines is 1. The Morgan fingerprint density at radius 1 is 1.26 bits per heavy atom. The van der Waals surface area contributed by atoms with Gasteiger partial charge in [-0.2, -0.15) is 0 Å². The van der Waals surface area contributed by atoms with Crippen LogP contribution in [0.25, 0.3) is 0 Å². The highest BCUT2D eigenvalue weighted by Crippen LogP contribution is 2.29. The Morgan fingerprint density at radius 2 is 1.93 bits per heavy atom. The number of piperidine rings is 1. The fourth-order valence-corrected chi connectivity index (χ4v) is 3.09. The largest absolute Gasteiger partial charge is 0.445 e. The standard InChI is InChI=1S/C19H23FN4O3/c1-12-16(18(25)23(2)3)22-17(27-12)13-8-10-24(11-9-13)19(26)21-15-7-5-4-6-14(15)20/h4-7,13H,8-11H2,1-3H3,(H,21,26). The SMILES string of the molecule is Cc1oc(C2CCN(C(=O)Nc3ccccc3F)CC2)nc1C(=O)N(C)C. The van der Waals surface area contributed by atoms with Gasteiger partial charge in [-0.05, 0) is 31.9 Å². The molecule has 2 heterocycles. The van der Waals surface area contributed by atoms with Crippen molar-refractivity contribution in [3.8, 4) is 0 Å². The minimum atomic E-state index is -0.464. The number of hydrogen-bond donors (Lipinski definition) is 1. The van der Waals surface area contributed by atoms with Gasteiger partial charge in [0.15, 0.2) is 11.6 Å². The number of hydrogen-bond acceptors (Lipinski definition) is 4. The van der Waals surface area contributed by atoms with Crippen LogP contribution in [0.2, 0.25) is 0 Å². The third-order valence-corrected chi connectivity index (χ3v) is 4.67. The molecule has 1 aliphatic heterocycles. The van der Waals surface area contributed by atoms with Gasteiger partial charge in [-0.1, -0.05) is 12.1 Å². The van der Waals surface area contributed by atoms with Crippen LogP contribution in [-0.2, 0) is 0 Å². The van der Waals surface area contributed by atoms with Crippen molar-refractivity contribution in [2.45, 2.75) is 25.7 Å². The maximum atomic E-state index is 13.7. The molecule has 1 aromatic heterocycles. The van der Waals surface area contributed by atoms with Gasteiger partial charge in [0.25, 0.3) is 5.91 Å². The van der Waals surface area contributed by atoms with Gasteiger partial charge in [0, 0.05) is 33.1 Å². The van der Waals surface area contributed by atoms with Crippen molar-refractivity contribution in [1.82, 2.24) is 14.8 Å². The van der Waals surface area contributed by atoms with E-state index in [2.05, 4.69) is 10.3 Å². The molecule has 2 aromatic rings. The lowest BCUT2D eigenvalue weighted by Gasteiger charge is -2.30. The molecule has 3 amide bonds.